The van der Waals surface area contributed by atoms with E-state index in [9.17, 15) is 5.11 Å². The number of hydrogen-bond acceptors (Lipinski definition) is 2. The maximum absolute atomic E-state index is 10.4. The van der Waals surface area contributed by atoms with Crippen LogP contribution in [0.4, 0.5) is 0 Å². The fourth-order valence-corrected chi connectivity index (χ4v) is 2.00. The van der Waals surface area contributed by atoms with Crippen LogP contribution < -0.4 is 5.32 Å². The van der Waals surface area contributed by atoms with Gasteiger partial charge in [0.2, 0.25) is 0 Å². The van der Waals surface area contributed by atoms with E-state index in [1.165, 1.54) is 0 Å². The highest BCUT2D eigenvalue weighted by Gasteiger charge is 2.30. The Labute approximate surface area is 94.6 Å². The second-order valence-corrected chi connectivity index (χ2v) is 4.05. The number of aliphatic hydroxyl groups is 1. The maximum Gasteiger partial charge on any atom is 0.146 e. The third kappa shape index (κ3) is 2.07. The second-order valence-electron chi connectivity index (χ2n) is 3.67. The highest BCUT2D eigenvalue weighted by Crippen LogP contribution is 2.30. The molecule has 0 heterocycles. The summed E-state index contributed by atoms with van der Waals surface area (Å²) < 4.78 is 0. The quantitative estimate of drug-likeness (QED) is 0.608. The van der Waals surface area contributed by atoms with Gasteiger partial charge in [-0.05, 0) is 5.56 Å². The third-order valence-corrected chi connectivity index (χ3v) is 2.82. The summed E-state index contributed by atoms with van der Waals surface area (Å²) in [6.07, 6.45) is 4.59. The zero-order valence-corrected chi connectivity index (χ0v) is 9.17. The normalized spacial score (nSPS) is 23.9. The molecule has 0 unspecified atom stereocenters. The van der Waals surface area contributed by atoms with Gasteiger partial charge >= 0.3 is 0 Å². The van der Waals surface area contributed by atoms with E-state index in [0.29, 0.717) is 18.8 Å². The van der Waals surface area contributed by atoms with Gasteiger partial charge in [0.1, 0.15) is 5.72 Å². The molecule has 0 radical (unpaired) electrons. The molecule has 0 saturated carbocycles. The van der Waals surface area contributed by atoms with Crippen molar-refractivity contribution < 1.29 is 5.11 Å². The maximum atomic E-state index is 10.4. The van der Waals surface area contributed by atoms with Crippen LogP contribution in [0.15, 0.2) is 30.3 Å². The molecule has 1 aromatic carbocycles. The number of alkyl halides is 1. The van der Waals surface area contributed by atoms with Gasteiger partial charge in [0.15, 0.2) is 0 Å². The molecule has 0 spiro atoms. The molecule has 0 bridgehead atoms. The van der Waals surface area contributed by atoms with Crippen molar-refractivity contribution in [1.29, 1.82) is 0 Å². The molecule has 1 aliphatic carbocycles. The molecule has 0 aromatic heterocycles. The lowest BCUT2D eigenvalue weighted by Gasteiger charge is -2.32. The molecule has 80 valence electrons. The average Bonchev–Trinajstić information content (AvgIpc) is 2.27. The fourth-order valence-electron chi connectivity index (χ4n) is 1.91. The van der Waals surface area contributed by atoms with Crippen molar-refractivity contribution in [3.63, 3.8) is 0 Å². The van der Waals surface area contributed by atoms with Crippen LogP contribution in [0.25, 0.3) is 6.08 Å². The first-order chi connectivity index (χ1) is 7.26. The summed E-state index contributed by atoms with van der Waals surface area (Å²) in [5, 5.41) is 13.5. The second kappa shape index (κ2) is 4.35. The van der Waals surface area contributed by atoms with Gasteiger partial charge in [-0.1, -0.05) is 36.4 Å². The highest BCUT2D eigenvalue weighted by molar-refractivity contribution is 6.18. The molecule has 2 N–H and O–H groups in total. The molecule has 0 saturated heterocycles. The molecule has 0 amide bonds. The van der Waals surface area contributed by atoms with E-state index < -0.39 is 5.72 Å². The number of halogens is 1. The summed E-state index contributed by atoms with van der Waals surface area (Å²) in [6, 6.07) is 7.85. The number of nitrogens with one attached hydrogen (secondary N) is 1. The van der Waals surface area contributed by atoms with Gasteiger partial charge in [-0.25, -0.2) is 0 Å². The monoisotopic (exact) mass is 223 g/mol. The molecule has 3 heteroatoms. The lowest BCUT2D eigenvalue weighted by molar-refractivity contribution is 0.00398. The Morgan fingerprint density at radius 2 is 2.20 bits per heavy atom. The largest absolute Gasteiger partial charge is 0.371 e. The van der Waals surface area contributed by atoms with Gasteiger partial charge < -0.3 is 5.11 Å². The van der Waals surface area contributed by atoms with Crippen molar-refractivity contribution >= 4 is 17.7 Å². The van der Waals surface area contributed by atoms with E-state index in [0.717, 1.165) is 11.1 Å². The summed E-state index contributed by atoms with van der Waals surface area (Å²) in [7, 11) is 0. The molecular weight excluding hydrogens is 210 g/mol. The number of fused-ring (bicyclic) bond motifs is 1. The van der Waals surface area contributed by atoms with Crippen LogP contribution in [0.3, 0.4) is 0 Å². The SMILES string of the molecule is O[C@]1(NCCCl)CC=Cc2ccccc21. The molecule has 15 heavy (non-hydrogen) atoms. The summed E-state index contributed by atoms with van der Waals surface area (Å²) in [5.41, 5.74) is 1.03. The van der Waals surface area contributed by atoms with Gasteiger partial charge in [0, 0.05) is 24.4 Å². The minimum absolute atomic E-state index is 0.494. The number of hydrogen-bond donors (Lipinski definition) is 2. The first kappa shape index (κ1) is 10.7. The number of rotatable bonds is 3. The lowest BCUT2D eigenvalue weighted by atomic mass is 9.89. The van der Waals surface area contributed by atoms with Gasteiger partial charge in [-0.2, -0.15) is 0 Å². The molecule has 0 fully saturated rings. The zero-order chi connectivity index (χ0) is 10.7. The summed E-state index contributed by atoms with van der Waals surface area (Å²) >= 11 is 5.62. The smallest absolute Gasteiger partial charge is 0.146 e. The van der Waals surface area contributed by atoms with Crippen LogP contribution in [0.2, 0.25) is 0 Å². The Hall–Kier alpha value is -0.830. The lowest BCUT2D eigenvalue weighted by Crippen LogP contribution is -2.44. The van der Waals surface area contributed by atoms with Gasteiger partial charge in [-0.15, -0.1) is 11.6 Å². The molecule has 1 aliphatic rings. The van der Waals surface area contributed by atoms with Crippen molar-refractivity contribution in [2.45, 2.75) is 12.1 Å². The highest BCUT2D eigenvalue weighted by atomic mass is 35.5. The van der Waals surface area contributed by atoms with Crippen molar-refractivity contribution in [2.75, 3.05) is 12.4 Å². The van der Waals surface area contributed by atoms with E-state index >= 15 is 0 Å². The zero-order valence-electron chi connectivity index (χ0n) is 8.41. The van der Waals surface area contributed by atoms with Gasteiger partial charge in [0.25, 0.3) is 0 Å². The van der Waals surface area contributed by atoms with Crippen molar-refractivity contribution in [2.24, 2.45) is 0 Å². The molecule has 2 rings (SSSR count). The van der Waals surface area contributed by atoms with Gasteiger partial charge in [0.05, 0.1) is 0 Å². The Bertz CT molecular complexity index is 378. The van der Waals surface area contributed by atoms with Crippen LogP contribution in [0.1, 0.15) is 17.5 Å². The molecule has 1 aromatic rings. The predicted octanol–water partition coefficient (Wildman–Crippen LogP) is 2.08. The predicted molar refractivity (Wildman–Crippen MR) is 62.7 cm³/mol. The summed E-state index contributed by atoms with van der Waals surface area (Å²) in [4.78, 5) is 0. The Balaban J connectivity index is 2.32. The van der Waals surface area contributed by atoms with Crippen molar-refractivity contribution in [3.05, 3.63) is 41.5 Å². The minimum atomic E-state index is -0.958. The van der Waals surface area contributed by atoms with E-state index in [2.05, 4.69) is 5.32 Å². The Morgan fingerprint density at radius 3 is 3.00 bits per heavy atom. The molecule has 1 atom stereocenters. The van der Waals surface area contributed by atoms with E-state index in [-0.39, 0.29) is 0 Å². The standard InChI is InChI=1S/C12H14ClNO/c13-8-9-14-12(15)7-3-5-10-4-1-2-6-11(10)12/h1-6,14-15H,7-9H2/t12-/m1/s1. The van der Waals surface area contributed by atoms with Gasteiger partial charge in [-0.3, -0.25) is 5.32 Å². The Kier molecular flexibility index (Phi) is 3.10. The first-order valence-corrected chi connectivity index (χ1v) is 5.59. The summed E-state index contributed by atoms with van der Waals surface area (Å²) in [6.45, 7) is 0.597. The molecule has 0 aliphatic heterocycles. The first-order valence-electron chi connectivity index (χ1n) is 5.06. The van der Waals surface area contributed by atoms with E-state index in [1.807, 2.05) is 36.4 Å². The molecule has 2 nitrogen and oxygen atoms in total. The summed E-state index contributed by atoms with van der Waals surface area (Å²) in [5.74, 6) is 0.494. The minimum Gasteiger partial charge on any atom is -0.371 e. The number of benzene rings is 1. The topological polar surface area (TPSA) is 32.3 Å². The van der Waals surface area contributed by atoms with E-state index in [1.54, 1.807) is 0 Å². The van der Waals surface area contributed by atoms with E-state index in [4.69, 9.17) is 11.6 Å². The van der Waals surface area contributed by atoms with Crippen molar-refractivity contribution in [3.8, 4) is 0 Å². The van der Waals surface area contributed by atoms with Crippen LogP contribution in [-0.4, -0.2) is 17.5 Å². The van der Waals surface area contributed by atoms with Crippen LogP contribution >= 0.6 is 11.6 Å². The molecular formula is C12H14ClNO. The fraction of sp³-hybridized carbons (Fsp3) is 0.333. The Morgan fingerprint density at radius 1 is 1.40 bits per heavy atom. The van der Waals surface area contributed by atoms with Crippen LogP contribution in [0, 0.1) is 0 Å². The average molecular weight is 224 g/mol. The van der Waals surface area contributed by atoms with Crippen molar-refractivity contribution in [1.82, 2.24) is 5.32 Å². The van der Waals surface area contributed by atoms with Crippen LogP contribution in [0.5, 0.6) is 0 Å². The third-order valence-electron chi connectivity index (χ3n) is 2.63. The van der Waals surface area contributed by atoms with Crippen LogP contribution in [-0.2, 0) is 5.72 Å².